The fourth-order valence-electron chi connectivity index (χ4n) is 9.96. The Kier molecular flexibility index (Phi) is 6.43. The summed E-state index contributed by atoms with van der Waals surface area (Å²) >= 11 is 0. The van der Waals surface area contributed by atoms with E-state index in [0.717, 1.165) is 34.1 Å². The molecule has 6 aromatic carbocycles. The minimum atomic E-state index is -0.0665. The topological polar surface area (TPSA) is 46.5 Å². The van der Waals surface area contributed by atoms with Crippen molar-refractivity contribution >= 4 is 21.8 Å². The molecule has 4 nitrogen and oxygen atoms in total. The molecule has 52 heavy (non-hydrogen) atoms. The number of aryl methyl sites for hydroxylation is 1. The minimum absolute atomic E-state index is 0.0665. The van der Waals surface area contributed by atoms with Crippen LogP contribution in [0.2, 0.25) is 0 Å². The Bertz CT molecular complexity index is 2730. The first-order chi connectivity index (χ1) is 25.7. The second-order valence-corrected chi connectivity index (χ2v) is 15.1. The maximum absolute atomic E-state index is 5.07. The molecule has 1 fully saturated rings. The molecule has 2 bridgehead atoms. The summed E-state index contributed by atoms with van der Waals surface area (Å²) in [5.41, 5.74) is 16.7. The molecular weight excluding hydrogens is 633 g/mol. The van der Waals surface area contributed by atoms with E-state index in [-0.39, 0.29) is 5.41 Å². The van der Waals surface area contributed by atoms with Crippen LogP contribution in [0.3, 0.4) is 0 Å². The van der Waals surface area contributed by atoms with E-state index in [1.807, 2.05) is 0 Å². The summed E-state index contributed by atoms with van der Waals surface area (Å²) < 4.78 is 2.40. The predicted molar refractivity (Wildman–Crippen MR) is 213 cm³/mol. The summed E-state index contributed by atoms with van der Waals surface area (Å²) in [5.74, 6) is 2.29. The van der Waals surface area contributed by atoms with Crippen LogP contribution in [0.15, 0.2) is 145 Å². The number of aromatic nitrogens is 4. The Morgan fingerprint density at radius 1 is 0.692 bits per heavy atom. The molecule has 3 aliphatic rings. The molecule has 4 heteroatoms. The third-order valence-electron chi connectivity index (χ3n) is 12.3. The second-order valence-electron chi connectivity index (χ2n) is 15.1. The molecule has 0 saturated heterocycles. The molecular formula is C48H38N4. The van der Waals surface area contributed by atoms with Gasteiger partial charge in [-0.3, -0.25) is 5.10 Å². The molecule has 2 unspecified atom stereocenters. The first-order valence-corrected chi connectivity index (χ1v) is 18.7. The smallest absolute Gasteiger partial charge is 0.182 e. The van der Waals surface area contributed by atoms with Crippen molar-refractivity contribution in [2.24, 2.45) is 5.92 Å². The zero-order valence-electron chi connectivity index (χ0n) is 29.2. The number of nitrogens with zero attached hydrogens (tertiary/aromatic N) is 3. The van der Waals surface area contributed by atoms with Crippen LogP contribution in [-0.4, -0.2) is 19.7 Å². The van der Waals surface area contributed by atoms with Gasteiger partial charge in [0.05, 0.1) is 11.0 Å². The largest absolute Gasteiger partial charge is 0.309 e. The van der Waals surface area contributed by atoms with Crippen molar-refractivity contribution in [2.75, 3.05) is 0 Å². The number of allylic oxidation sites excluding steroid dienone is 2. The first kappa shape index (κ1) is 29.7. The standard InChI is InChI=1S/C48H38N4/c1-30-20-22-32(23-21-30)46-49-47(51-50-46)39-17-9-19-43-44(39)40-29-33(24-25-42(40)52(43)35-12-3-2-4-13-35)36-15-8-16-38-37-14-5-6-18-41(37)48(45(36)38)27-26-31-10-7-11-34(48)28-31/h2-6,8-9,11-25,29,31H,7,10,26-28H2,1H3,(H,49,50,51). The van der Waals surface area contributed by atoms with Crippen LogP contribution in [0.4, 0.5) is 0 Å². The van der Waals surface area contributed by atoms with Crippen LogP contribution in [0.1, 0.15) is 48.8 Å². The summed E-state index contributed by atoms with van der Waals surface area (Å²) in [7, 11) is 0. The van der Waals surface area contributed by atoms with Crippen molar-refractivity contribution in [3.63, 3.8) is 0 Å². The predicted octanol–water partition coefficient (Wildman–Crippen LogP) is 12.0. The minimum Gasteiger partial charge on any atom is -0.309 e. The van der Waals surface area contributed by atoms with E-state index >= 15 is 0 Å². The van der Waals surface area contributed by atoms with Crippen LogP contribution in [0, 0.1) is 12.8 Å². The van der Waals surface area contributed by atoms with Crippen molar-refractivity contribution < 1.29 is 0 Å². The van der Waals surface area contributed by atoms with E-state index in [2.05, 4.69) is 156 Å². The van der Waals surface area contributed by atoms with Crippen molar-refractivity contribution in [1.82, 2.24) is 19.7 Å². The first-order valence-electron chi connectivity index (χ1n) is 18.7. The van der Waals surface area contributed by atoms with Crippen molar-refractivity contribution in [3.05, 3.63) is 162 Å². The Morgan fingerprint density at radius 3 is 2.37 bits per heavy atom. The molecule has 1 spiro atoms. The van der Waals surface area contributed by atoms with Gasteiger partial charge in [-0.2, -0.15) is 5.10 Å². The Balaban J connectivity index is 1.16. The Morgan fingerprint density at radius 2 is 1.46 bits per heavy atom. The van der Waals surface area contributed by atoms with Gasteiger partial charge < -0.3 is 4.57 Å². The van der Waals surface area contributed by atoms with Gasteiger partial charge in [-0.1, -0.05) is 120 Å². The maximum atomic E-state index is 5.07. The van der Waals surface area contributed by atoms with Crippen molar-refractivity contribution in [3.8, 4) is 50.7 Å². The molecule has 0 radical (unpaired) electrons. The van der Waals surface area contributed by atoms with Crippen LogP contribution < -0.4 is 0 Å². The van der Waals surface area contributed by atoms with Gasteiger partial charge in [-0.15, -0.1) is 0 Å². The molecule has 0 amide bonds. The summed E-state index contributed by atoms with van der Waals surface area (Å²) in [6.07, 6.45) is 8.81. The number of nitrogens with one attached hydrogen (secondary N) is 1. The lowest BCUT2D eigenvalue weighted by Gasteiger charge is -2.44. The number of hydrogen-bond donors (Lipinski definition) is 1. The van der Waals surface area contributed by atoms with E-state index in [1.54, 1.807) is 5.57 Å². The average Bonchev–Trinajstić information content (AvgIpc) is 3.90. The summed E-state index contributed by atoms with van der Waals surface area (Å²) in [4.78, 5) is 5.07. The normalized spacial score (nSPS) is 18.9. The van der Waals surface area contributed by atoms with E-state index in [0.29, 0.717) is 5.82 Å². The molecule has 1 N–H and O–H groups in total. The number of H-pyrrole nitrogens is 1. The number of aromatic amines is 1. The van der Waals surface area contributed by atoms with Gasteiger partial charge in [0.25, 0.3) is 0 Å². The molecule has 250 valence electrons. The van der Waals surface area contributed by atoms with E-state index in [9.17, 15) is 0 Å². The van der Waals surface area contributed by atoms with Gasteiger partial charge >= 0.3 is 0 Å². The van der Waals surface area contributed by atoms with Gasteiger partial charge in [0, 0.05) is 33.0 Å². The maximum Gasteiger partial charge on any atom is 0.182 e. The molecule has 2 heterocycles. The van der Waals surface area contributed by atoms with Gasteiger partial charge in [0.2, 0.25) is 0 Å². The summed E-state index contributed by atoms with van der Waals surface area (Å²) in [6, 6.07) is 49.1. The lowest BCUT2D eigenvalue weighted by atomic mass is 9.59. The van der Waals surface area contributed by atoms with Gasteiger partial charge in [0.1, 0.15) is 0 Å². The number of benzene rings is 6. The third-order valence-corrected chi connectivity index (χ3v) is 12.3. The summed E-state index contributed by atoms with van der Waals surface area (Å²) in [5, 5.41) is 10.4. The zero-order chi connectivity index (χ0) is 34.4. The highest BCUT2D eigenvalue weighted by Gasteiger charge is 2.50. The summed E-state index contributed by atoms with van der Waals surface area (Å²) in [6.45, 7) is 2.10. The Hall–Kier alpha value is -6.00. The van der Waals surface area contributed by atoms with Gasteiger partial charge in [0.15, 0.2) is 11.6 Å². The van der Waals surface area contributed by atoms with Crippen LogP contribution in [0.25, 0.3) is 72.5 Å². The molecule has 11 rings (SSSR count). The molecule has 2 aromatic heterocycles. The number of hydrogen-bond acceptors (Lipinski definition) is 2. The van der Waals surface area contributed by atoms with E-state index in [1.165, 1.54) is 87.3 Å². The average molecular weight is 671 g/mol. The lowest BCUT2D eigenvalue weighted by Crippen LogP contribution is -2.35. The molecule has 3 aliphatic carbocycles. The molecule has 0 aliphatic heterocycles. The lowest BCUT2D eigenvalue weighted by molar-refractivity contribution is 0.313. The highest BCUT2D eigenvalue weighted by molar-refractivity contribution is 6.16. The van der Waals surface area contributed by atoms with E-state index in [4.69, 9.17) is 10.1 Å². The van der Waals surface area contributed by atoms with Crippen LogP contribution in [0.5, 0.6) is 0 Å². The number of para-hydroxylation sites is 1. The van der Waals surface area contributed by atoms with Gasteiger partial charge in [-0.05, 0) is 109 Å². The van der Waals surface area contributed by atoms with Crippen LogP contribution in [-0.2, 0) is 5.41 Å². The highest BCUT2D eigenvalue weighted by Crippen LogP contribution is 2.62. The monoisotopic (exact) mass is 670 g/mol. The van der Waals surface area contributed by atoms with E-state index < -0.39 is 0 Å². The number of fused-ring (bicyclic) bond motifs is 11. The third kappa shape index (κ3) is 4.21. The van der Waals surface area contributed by atoms with Crippen molar-refractivity contribution in [2.45, 2.75) is 44.4 Å². The molecule has 8 aromatic rings. The SMILES string of the molecule is Cc1ccc(-c2nc(-c3cccc4c3c3cc(-c5cccc6c5C5(CCC7CCC=C5C7)c5ccccc5-6)ccc3n4-c3ccccc3)n[nH]2)cc1. The zero-order valence-corrected chi connectivity index (χ0v) is 29.2. The van der Waals surface area contributed by atoms with Gasteiger partial charge in [-0.25, -0.2) is 4.98 Å². The number of rotatable bonds is 4. The Labute approximate surface area is 303 Å². The quantitative estimate of drug-likeness (QED) is 0.189. The van der Waals surface area contributed by atoms with Crippen molar-refractivity contribution in [1.29, 1.82) is 0 Å². The molecule has 1 saturated carbocycles. The second kappa shape index (κ2) is 11.2. The molecule has 2 atom stereocenters. The van der Waals surface area contributed by atoms with Crippen LogP contribution >= 0.6 is 0 Å². The fourth-order valence-corrected chi connectivity index (χ4v) is 9.96. The highest BCUT2D eigenvalue weighted by atomic mass is 15.2. The fraction of sp³-hybridized carbons (Fsp3) is 0.167.